The van der Waals surface area contributed by atoms with E-state index < -0.39 is 6.04 Å². The zero-order valence-corrected chi connectivity index (χ0v) is 22.1. The van der Waals surface area contributed by atoms with Crippen molar-refractivity contribution in [3.05, 3.63) is 76.5 Å². The molecule has 1 fully saturated rings. The summed E-state index contributed by atoms with van der Waals surface area (Å²) in [6.45, 7) is 9.19. The first-order valence-electron chi connectivity index (χ1n) is 12.3. The number of nitriles is 1. The first kappa shape index (κ1) is 25.0. The third-order valence-corrected chi connectivity index (χ3v) is 6.98. The van der Waals surface area contributed by atoms with Crippen LogP contribution in [0.15, 0.2) is 48.8 Å². The average molecular weight is 518 g/mol. The van der Waals surface area contributed by atoms with E-state index in [1.807, 2.05) is 16.9 Å². The molecule has 7 nitrogen and oxygen atoms in total. The lowest BCUT2D eigenvalue weighted by molar-refractivity contribution is 0.443. The summed E-state index contributed by atoms with van der Waals surface area (Å²) in [6.07, 6.45) is 5.61. The average Bonchev–Trinajstić information content (AvgIpc) is 3.40. The van der Waals surface area contributed by atoms with Gasteiger partial charge in [0.2, 0.25) is 0 Å². The Balaban J connectivity index is 1.58. The molecular formula is C28H29ClFN7. The van der Waals surface area contributed by atoms with E-state index in [4.69, 9.17) is 11.6 Å². The molecule has 0 saturated heterocycles. The minimum atomic E-state index is -0.400. The molecule has 0 amide bonds. The Morgan fingerprint density at radius 2 is 1.95 bits per heavy atom. The van der Waals surface area contributed by atoms with Crippen molar-refractivity contribution in [2.45, 2.75) is 52.1 Å². The fourth-order valence-corrected chi connectivity index (χ4v) is 4.47. The van der Waals surface area contributed by atoms with E-state index in [0.29, 0.717) is 34.0 Å². The predicted molar refractivity (Wildman–Crippen MR) is 144 cm³/mol. The van der Waals surface area contributed by atoms with E-state index >= 15 is 0 Å². The number of benzene rings is 2. The number of fused-ring (bicyclic) bond motifs is 1. The maximum atomic E-state index is 13.7. The minimum absolute atomic E-state index is 0.000321. The Hall–Kier alpha value is -3.70. The fraction of sp³-hybridized carbons (Fsp3) is 0.357. The summed E-state index contributed by atoms with van der Waals surface area (Å²) < 4.78 is 15.6. The molecule has 2 heterocycles. The molecule has 2 aromatic heterocycles. The standard InChI is InChI=1S/C28H29ClFN7/c1-27(2,3)16-33-24-18(13-31)14-32-26-21(24)11-20(12-22(26)29)34-25(17-5-7-19(30)8-6-17)23-15-37(36-35-23)28(4)9-10-28/h5-8,11-12,14-15,25,34H,9-10,16H2,1-4H3,(H,32,33). The molecule has 4 aromatic rings. The molecule has 2 aromatic carbocycles. The molecule has 5 rings (SSSR count). The van der Waals surface area contributed by atoms with Gasteiger partial charge in [0.1, 0.15) is 17.6 Å². The van der Waals surface area contributed by atoms with Crippen LogP contribution in [0.4, 0.5) is 15.8 Å². The molecule has 9 heteroatoms. The van der Waals surface area contributed by atoms with Crippen molar-refractivity contribution >= 4 is 33.9 Å². The number of rotatable bonds is 7. The molecule has 1 saturated carbocycles. The van der Waals surface area contributed by atoms with Gasteiger partial charge in [-0.05, 0) is 55.0 Å². The highest BCUT2D eigenvalue weighted by Gasteiger charge is 2.41. The van der Waals surface area contributed by atoms with Crippen LogP contribution in [-0.4, -0.2) is 26.5 Å². The van der Waals surface area contributed by atoms with E-state index in [0.717, 1.165) is 29.5 Å². The Labute approximate surface area is 220 Å². The third kappa shape index (κ3) is 5.23. The number of anilines is 2. The maximum Gasteiger partial charge on any atom is 0.123 e. The van der Waals surface area contributed by atoms with Gasteiger partial charge >= 0.3 is 0 Å². The number of nitrogens with zero attached hydrogens (tertiary/aromatic N) is 5. The lowest BCUT2D eigenvalue weighted by Gasteiger charge is -2.22. The summed E-state index contributed by atoms with van der Waals surface area (Å²) in [5, 5.41) is 26.8. The lowest BCUT2D eigenvalue weighted by atomic mass is 9.96. The summed E-state index contributed by atoms with van der Waals surface area (Å²) in [7, 11) is 0. The summed E-state index contributed by atoms with van der Waals surface area (Å²) in [5.41, 5.74) is 4.01. The van der Waals surface area contributed by atoms with E-state index in [9.17, 15) is 9.65 Å². The summed E-state index contributed by atoms with van der Waals surface area (Å²) in [6, 6.07) is 11.9. The van der Waals surface area contributed by atoms with Gasteiger partial charge in [0.05, 0.1) is 39.6 Å². The highest BCUT2D eigenvalue weighted by atomic mass is 35.5. The van der Waals surface area contributed by atoms with Crippen LogP contribution in [0.3, 0.4) is 0 Å². The van der Waals surface area contributed by atoms with Gasteiger partial charge in [0.15, 0.2) is 0 Å². The number of halogens is 2. The second kappa shape index (κ2) is 9.31. The number of hydrogen-bond acceptors (Lipinski definition) is 6. The van der Waals surface area contributed by atoms with Crippen LogP contribution >= 0.6 is 11.6 Å². The first-order chi connectivity index (χ1) is 17.6. The van der Waals surface area contributed by atoms with Crippen molar-refractivity contribution in [1.29, 1.82) is 5.26 Å². The quantitative estimate of drug-likeness (QED) is 0.285. The lowest BCUT2D eigenvalue weighted by Crippen LogP contribution is -2.20. The van der Waals surface area contributed by atoms with Crippen LogP contribution in [0.5, 0.6) is 0 Å². The second-order valence-corrected chi connectivity index (χ2v) is 11.5. The Bertz CT molecular complexity index is 1490. The van der Waals surface area contributed by atoms with E-state index in [1.54, 1.807) is 24.4 Å². The molecule has 2 N–H and O–H groups in total. The Morgan fingerprint density at radius 1 is 1.22 bits per heavy atom. The molecule has 0 aliphatic heterocycles. The van der Waals surface area contributed by atoms with Gasteiger partial charge in [0.25, 0.3) is 0 Å². The normalized spacial score (nSPS) is 15.3. The number of pyridine rings is 1. The van der Waals surface area contributed by atoms with Crippen molar-refractivity contribution in [2.75, 3.05) is 17.2 Å². The van der Waals surface area contributed by atoms with Gasteiger partial charge in [-0.25, -0.2) is 9.07 Å². The number of nitrogens with one attached hydrogen (secondary N) is 2. The SMILES string of the molecule is CC(C)(C)CNc1c(C#N)cnc2c(Cl)cc(NC(c3ccc(F)cc3)c3cn(C4(C)CC4)nn3)cc12. The van der Waals surface area contributed by atoms with Gasteiger partial charge in [-0.3, -0.25) is 4.98 Å². The number of hydrogen-bond donors (Lipinski definition) is 2. The van der Waals surface area contributed by atoms with Crippen LogP contribution in [0, 0.1) is 22.6 Å². The van der Waals surface area contributed by atoms with Gasteiger partial charge in [0, 0.05) is 23.8 Å². The zero-order valence-electron chi connectivity index (χ0n) is 21.3. The third-order valence-electron chi connectivity index (χ3n) is 6.69. The largest absolute Gasteiger partial charge is 0.383 e. The maximum absolute atomic E-state index is 13.7. The van der Waals surface area contributed by atoms with Crippen molar-refractivity contribution in [2.24, 2.45) is 5.41 Å². The molecule has 1 unspecified atom stereocenters. The predicted octanol–water partition coefficient (Wildman–Crippen LogP) is 6.66. The van der Waals surface area contributed by atoms with Crippen molar-refractivity contribution < 1.29 is 4.39 Å². The van der Waals surface area contributed by atoms with Gasteiger partial charge in [-0.1, -0.05) is 49.7 Å². The fourth-order valence-electron chi connectivity index (χ4n) is 4.20. The topological polar surface area (TPSA) is 91.5 Å². The van der Waals surface area contributed by atoms with Crippen LogP contribution in [0.2, 0.25) is 5.02 Å². The van der Waals surface area contributed by atoms with Crippen LogP contribution < -0.4 is 10.6 Å². The smallest absolute Gasteiger partial charge is 0.123 e. The van der Waals surface area contributed by atoms with Crippen LogP contribution in [0.1, 0.15) is 63.4 Å². The molecule has 0 radical (unpaired) electrons. The highest BCUT2D eigenvalue weighted by molar-refractivity contribution is 6.35. The number of aromatic nitrogens is 4. The molecule has 1 aliphatic carbocycles. The molecular weight excluding hydrogens is 489 g/mol. The molecule has 0 spiro atoms. The zero-order chi connectivity index (χ0) is 26.4. The highest BCUT2D eigenvalue weighted by Crippen LogP contribution is 2.42. The van der Waals surface area contributed by atoms with Crippen molar-refractivity contribution in [3.8, 4) is 6.07 Å². The molecule has 1 aliphatic rings. The van der Waals surface area contributed by atoms with Gasteiger partial charge in [-0.15, -0.1) is 5.10 Å². The summed E-state index contributed by atoms with van der Waals surface area (Å²) >= 11 is 6.69. The Morgan fingerprint density at radius 3 is 2.59 bits per heavy atom. The molecule has 37 heavy (non-hydrogen) atoms. The monoisotopic (exact) mass is 517 g/mol. The van der Waals surface area contributed by atoms with Gasteiger partial charge < -0.3 is 10.6 Å². The van der Waals surface area contributed by atoms with Crippen LogP contribution in [0.25, 0.3) is 10.9 Å². The van der Waals surface area contributed by atoms with E-state index in [2.05, 4.69) is 59.7 Å². The van der Waals surface area contributed by atoms with Crippen molar-refractivity contribution in [1.82, 2.24) is 20.0 Å². The van der Waals surface area contributed by atoms with E-state index in [1.165, 1.54) is 12.1 Å². The molecule has 0 bridgehead atoms. The second-order valence-electron chi connectivity index (χ2n) is 11.1. The molecule has 1 atom stereocenters. The van der Waals surface area contributed by atoms with E-state index in [-0.39, 0.29) is 16.8 Å². The first-order valence-corrected chi connectivity index (χ1v) is 12.7. The summed E-state index contributed by atoms with van der Waals surface area (Å²) in [4.78, 5) is 4.45. The summed E-state index contributed by atoms with van der Waals surface area (Å²) in [5.74, 6) is -0.310. The minimum Gasteiger partial charge on any atom is -0.383 e. The molecule has 190 valence electrons. The Kier molecular flexibility index (Phi) is 6.28. The van der Waals surface area contributed by atoms with Crippen LogP contribution in [-0.2, 0) is 5.54 Å². The van der Waals surface area contributed by atoms with Gasteiger partial charge in [-0.2, -0.15) is 5.26 Å². The van der Waals surface area contributed by atoms with Crippen molar-refractivity contribution in [3.63, 3.8) is 0 Å².